The highest BCUT2D eigenvalue weighted by Gasteiger charge is 2.02. The number of nitrogens with zero attached hydrogens (tertiary/aromatic N) is 1. The van der Waals surface area contributed by atoms with E-state index < -0.39 is 0 Å². The highest BCUT2D eigenvalue weighted by atomic mass is 79.9. The van der Waals surface area contributed by atoms with Crippen LogP contribution in [0.1, 0.15) is 5.56 Å². The highest BCUT2D eigenvalue weighted by molar-refractivity contribution is 9.10. The van der Waals surface area contributed by atoms with E-state index in [2.05, 4.69) is 15.9 Å². The van der Waals surface area contributed by atoms with Gasteiger partial charge in [0.25, 0.3) is 0 Å². The first-order valence-corrected chi connectivity index (χ1v) is 4.53. The monoisotopic (exact) mass is 259 g/mol. The fourth-order valence-corrected chi connectivity index (χ4v) is 1.33. The number of allylic oxidation sites excluding steroid dienone is 1. The maximum absolute atomic E-state index is 12.8. The second-order valence-corrected chi connectivity index (χ2v) is 3.51. The Balaban J connectivity index is 3.13. The summed E-state index contributed by atoms with van der Waals surface area (Å²) in [5, 5.41) is 8.62. The van der Waals surface area contributed by atoms with Crippen molar-refractivity contribution in [1.82, 2.24) is 0 Å². The van der Waals surface area contributed by atoms with E-state index >= 15 is 0 Å². The van der Waals surface area contributed by atoms with Gasteiger partial charge in [-0.1, -0.05) is 17.7 Å². The van der Waals surface area contributed by atoms with Crippen molar-refractivity contribution in [2.45, 2.75) is 0 Å². The lowest BCUT2D eigenvalue weighted by Gasteiger charge is -1.99. The van der Waals surface area contributed by atoms with Crippen molar-refractivity contribution < 1.29 is 4.39 Å². The Labute approximate surface area is 88.6 Å². The molecule has 13 heavy (non-hydrogen) atoms. The van der Waals surface area contributed by atoms with E-state index in [4.69, 9.17) is 16.9 Å². The van der Waals surface area contributed by atoms with Crippen LogP contribution in [0.25, 0.3) is 5.03 Å². The van der Waals surface area contributed by atoms with Gasteiger partial charge in [-0.3, -0.25) is 0 Å². The maximum atomic E-state index is 12.8. The van der Waals surface area contributed by atoms with Gasteiger partial charge in [0.2, 0.25) is 0 Å². The molecule has 4 heteroatoms. The summed E-state index contributed by atoms with van der Waals surface area (Å²) in [6, 6.07) is 6.11. The molecule has 0 radical (unpaired) electrons. The first-order chi connectivity index (χ1) is 6.15. The molecule has 1 rings (SSSR count). The van der Waals surface area contributed by atoms with Crippen molar-refractivity contribution in [2.24, 2.45) is 0 Å². The molecule has 66 valence electrons. The maximum Gasteiger partial charge on any atom is 0.137 e. The molecule has 0 atom stereocenters. The molecule has 0 saturated carbocycles. The fraction of sp³-hybridized carbons (Fsp3) is 0. The third-order valence-corrected chi connectivity index (χ3v) is 2.32. The lowest BCUT2D eigenvalue weighted by atomic mass is 10.2. The Morgan fingerprint density at radius 2 is 2.31 bits per heavy atom. The van der Waals surface area contributed by atoms with Gasteiger partial charge < -0.3 is 0 Å². The van der Waals surface area contributed by atoms with Crippen LogP contribution in [0.2, 0.25) is 0 Å². The molecule has 0 heterocycles. The molecule has 0 spiro atoms. The minimum atomic E-state index is -0.356. The molecule has 1 aromatic rings. The smallest absolute Gasteiger partial charge is 0.137 e. The quantitative estimate of drug-likeness (QED) is 0.707. The zero-order valence-electron chi connectivity index (χ0n) is 6.39. The van der Waals surface area contributed by atoms with E-state index in [9.17, 15) is 4.39 Å². The van der Waals surface area contributed by atoms with Crippen LogP contribution < -0.4 is 0 Å². The van der Waals surface area contributed by atoms with E-state index in [1.54, 1.807) is 6.07 Å². The lowest BCUT2D eigenvalue weighted by Crippen LogP contribution is -1.81. The van der Waals surface area contributed by atoms with Crippen molar-refractivity contribution >= 4 is 32.6 Å². The number of hydrogen-bond donors (Lipinski definition) is 0. The Bertz CT molecular complexity index is 395. The van der Waals surface area contributed by atoms with Gasteiger partial charge in [0, 0.05) is 6.08 Å². The van der Waals surface area contributed by atoms with Gasteiger partial charge in [-0.2, -0.15) is 5.26 Å². The van der Waals surface area contributed by atoms with Gasteiger partial charge in [-0.25, -0.2) is 4.39 Å². The van der Waals surface area contributed by atoms with Gasteiger partial charge in [0.15, 0.2) is 0 Å². The van der Waals surface area contributed by atoms with Gasteiger partial charge in [0.1, 0.15) is 5.82 Å². The Hall–Kier alpha value is -0.850. The Morgan fingerprint density at radius 3 is 2.85 bits per heavy atom. The third kappa shape index (κ3) is 2.55. The molecular formula is C9H4BrClFN. The highest BCUT2D eigenvalue weighted by Crippen LogP contribution is 2.24. The van der Waals surface area contributed by atoms with Gasteiger partial charge in [-0.15, -0.1) is 0 Å². The summed E-state index contributed by atoms with van der Waals surface area (Å²) < 4.78 is 13.1. The van der Waals surface area contributed by atoms with Gasteiger partial charge in [0.05, 0.1) is 15.6 Å². The average molecular weight is 260 g/mol. The molecular weight excluding hydrogens is 256 g/mol. The Kier molecular flexibility index (Phi) is 3.47. The van der Waals surface area contributed by atoms with Crippen LogP contribution in [0.15, 0.2) is 28.7 Å². The fourth-order valence-electron chi connectivity index (χ4n) is 0.785. The zero-order chi connectivity index (χ0) is 9.84. The zero-order valence-corrected chi connectivity index (χ0v) is 8.73. The minimum Gasteiger partial charge on any atom is -0.206 e. The molecule has 0 aromatic heterocycles. The van der Waals surface area contributed by atoms with E-state index in [-0.39, 0.29) is 5.82 Å². The standard InChI is InChI=1S/C9H4BrClFN/c10-7-5-6(1-2-9(7)12)8(11)3-4-13/h1-3,5H/b8-3-. The predicted octanol–water partition coefficient (Wildman–Crippen LogP) is 3.69. The molecule has 0 saturated heterocycles. The molecule has 1 nitrogen and oxygen atoms in total. The molecule has 0 aliphatic carbocycles. The van der Waals surface area contributed by atoms with Crippen LogP contribution in [-0.2, 0) is 0 Å². The van der Waals surface area contributed by atoms with Crippen LogP contribution in [0, 0.1) is 17.1 Å². The van der Waals surface area contributed by atoms with Crippen LogP contribution in [-0.4, -0.2) is 0 Å². The van der Waals surface area contributed by atoms with E-state index in [1.807, 2.05) is 0 Å². The molecule has 0 aliphatic heterocycles. The molecule has 0 aliphatic rings. The molecule has 0 unspecified atom stereocenters. The largest absolute Gasteiger partial charge is 0.206 e. The van der Waals surface area contributed by atoms with Crippen LogP contribution in [0.5, 0.6) is 0 Å². The number of nitriles is 1. The second-order valence-electron chi connectivity index (χ2n) is 2.25. The molecule has 0 N–H and O–H groups in total. The summed E-state index contributed by atoms with van der Waals surface area (Å²) in [7, 11) is 0. The predicted molar refractivity (Wildman–Crippen MR) is 53.5 cm³/mol. The van der Waals surface area contributed by atoms with E-state index in [0.29, 0.717) is 15.1 Å². The topological polar surface area (TPSA) is 23.8 Å². The van der Waals surface area contributed by atoms with E-state index in [1.165, 1.54) is 24.3 Å². The van der Waals surface area contributed by atoms with Crippen LogP contribution >= 0.6 is 27.5 Å². The summed E-state index contributed by atoms with van der Waals surface area (Å²) in [6.07, 6.45) is 1.20. The minimum absolute atomic E-state index is 0.295. The average Bonchev–Trinajstić information content (AvgIpc) is 2.10. The van der Waals surface area contributed by atoms with Crippen molar-refractivity contribution in [1.29, 1.82) is 5.26 Å². The summed E-state index contributed by atoms with van der Waals surface area (Å²) in [4.78, 5) is 0. The van der Waals surface area contributed by atoms with Gasteiger partial charge >= 0.3 is 0 Å². The number of benzene rings is 1. The van der Waals surface area contributed by atoms with Crippen molar-refractivity contribution in [3.05, 3.63) is 40.1 Å². The van der Waals surface area contributed by atoms with Crippen LogP contribution in [0.4, 0.5) is 4.39 Å². The van der Waals surface area contributed by atoms with E-state index in [0.717, 1.165) is 0 Å². The summed E-state index contributed by atoms with van der Waals surface area (Å²) in [5.41, 5.74) is 0.608. The molecule has 0 amide bonds. The van der Waals surface area contributed by atoms with Crippen molar-refractivity contribution in [3.63, 3.8) is 0 Å². The summed E-state index contributed by atoms with van der Waals surface area (Å²) in [5.74, 6) is -0.356. The first-order valence-electron chi connectivity index (χ1n) is 3.36. The van der Waals surface area contributed by atoms with Crippen LogP contribution in [0.3, 0.4) is 0 Å². The molecule has 0 bridgehead atoms. The van der Waals surface area contributed by atoms with Crippen molar-refractivity contribution in [2.75, 3.05) is 0 Å². The number of hydrogen-bond acceptors (Lipinski definition) is 1. The number of rotatable bonds is 1. The Morgan fingerprint density at radius 1 is 1.62 bits per heavy atom. The summed E-state index contributed by atoms with van der Waals surface area (Å²) in [6.45, 7) is 0. The number of halogens is 3. The normalized spacial score (nSPS) is 11.1. The molecule has 0 fully saturated rings. The lowest BCUT2D eigenvalue weighted by molar-refractivity contribution is 0.621. The molecule has 1 aromatic carbocycles. The third-order valence-electron chi connectivity index (χ3n) is 1.39. The van der Waals surface area contributed by atoms with Crippen molar-refractivity contribution in [3.8, 4) is 6.07 Å². The SMILES string of the molecule is N#C/C=C(\Cl)c1ccc(F)c(Br)c1. The first kappa shape index (κ1) is 10.2. The second kappa shape index (κ2) is 4.40. The van der Waals surface area contributed by atoms with Gasteiger partial charge in [-0.05, 0) is 33.6 Å². The summed E-state index contributed by atoms with van der Waals surface area (Å²) >= 11 is 8.75.